The molecule has 1 aliphatic rings. The number of aromatic carboxylic acids is 1. The lowest BCUT2D eigenvalue weighted by molar-refractivity contribution is 0.0697. The maximum absolute atomic E-state index is 12.2. The summed E-state index contributed by atoms with van der Waals surface area (Å²) in [6, 6.07) is 2.24. The number of rotatable bonds is 2. The lowest BCUT2D eigenvalue weighted by atomic mass is 9.93. The smallest absolute Gasteiger partial charge is 0.335 e. The average Bonchev–Trinajstić information content (AvgIpc) is 2.73. The Kier molecular flexibility index (Phi) is 4.35. The van der Waals surface area contributed by atoms with Gasteiger partial charge in [-0.25, -0.2) is 9.59 Å². The number of amides is 2. The molecular weight excluding hydrogens is 315 g/mol. The first-order valence-corrected chi connectivity index (χ1v) is 7.23. The minimum Gasteiger partial charge on any atom is -0.478 e. The monoisotopic (exact) mass is 330 g/mol. The minimum atomic E-state index is -1.13. The summed E-state index contributed by atoms with van der Waals surface area (Å²) in [5.74, 6) is -1.13. The van der Waals surface area contributed by atoms with Crippen LogP contribution >= 0.6 is 23.2 Å². The normalized spacial score (nSPS) is 16.9. The highest BCUT2D eigenvalue weighted by atomic mass is 35.5. The molecule has 21 heavy (non-hydrogen) atoms. The zero-order valence-electron chi connectivity index (χ0n) is 11.7. The van der Waals surface area contributed by atoms with Gasteiger partial charge in [0.05, 0.1) is 21.3 Å². The number of nitrogens with one attached hydrogen (secondary N) is 1. The Balaban J connectivity index is 2.17. The maximum atomic E-state index is 12.2. The Labute approximate surface area is 132 Å². The number of anilines is 1. The van der Waals surface area contributed by atoms with Crippen LogP contribution in [0.15, 0.2) is 12.1 Å². The summed E-state index contributed by atoms with van der Waals surface area (Å²) in [6.45, 7) is 5.52. The van der Waals surface area contributed by atoms with Gasteiger partial charge in [-0.05, 0) is 24.0 Å². The molecular formula is C14H16Cl2N2O3. The molecule has 2 N–H and O–H groups in total. The van der Waals surface area contributed by atoms with Gasteiger partial charge in [0, 0.05) is 13.1 Å². The van der Waals surface area contributed by atoms with Crippen molar-refractivity contribution in [3.8, 4) is 0 Å². The Morgan fingerprint density at radius 1 is 1.29 bits per heavy atom. The number of carbonyl (C=O) groups is 2. The molecule has 7 heteroatoms. The molecule has 1 fully saturated rings. The number of carbonyl (C=O) groups excluding carboxylic acids is 1. The second kappa shape index (κ2) is 5.73. The van der Waals surface area contributed by atoms with Gasteiger partial charge in [0.2, 0.25) is 0 Å². The van der Waals surface area contributed by atoms with E-state index in [-0.39, 0.29) is 32.7 Å². The van der Waals surface area contributed by atoms with Crippen LogP contribution in [0.2, 0.25) is 10.0 Å². The number of hydrogen-bond donors (Lipinski definition) is 2. The van der Waals surface area contributed by atoms with Crippen molar-refractivity contribution in [3.63, 3.8) is 0 Å². The molecule has 0 unspecified atom stereocenters. The Bertz CT molecular complexity index is 579. The van der Waals surface area contributed by atoms with E-state index in [1.807, 2.05) is 0 Å². The van der Waals surface area contributed by atoms with Gasteiger partial charge >= 0.3 is 12.0 Å². The van der Waals surface area contributed by atoms with Gasteiger partial charge in [0.1, 0.15) is 0 Å². The lowest BCUT2D eigenvalue weighted by Gasteiger charge is -2.21. The van der Waals surface area contributed by atoms with Crippen molar-refractivity contribution in [2.24, 2.45) is 5.41 Å². The van der Waals surface area contributed by atoms with E-state index in [2.05, 4.69) is 19.2 Å². The predicted molar refractivity (Wildman–Crippen MR) is 82.4 cm³/mol. The molecule has 1 aliphatic heterocycles. The lowest BCUT2D eigenvalue weighted by Crippen LogP contribution is -2.34. The van der Waals surface area contributed by atoms with Crippen LogP contribution in [0.4, 0.5) is 10.5 Å². The van der Waals surface area contributed by atoms with E-state index >= 15 is 0 Å². The van der Waals surface area contributed by atoms with Crippen molar-refractivity contribution < 1.29 is 14.7 Å². The quantitative estimate of drug-likeness (QED) is 0.862. The molecule has 0 aromatic heterocycles. The first-order valence-electron chi connectivity index (χ1n) is 6.48. The number of carboxylic acid groups (broad SMARTS) is 1. The summed E-state index contributed by atoms with van der Waals surface area (Å²) in [5.41, 5.74) is 0.307. The topological polar surface area (TPSA) is 69.6 Å². The van der Waals surface area contributed by atoms with Crippen molar-refractivity contribution in [1.82, 2.24) is 4.90 Å². The zero-order valence-corrected chi connectivity index (χ0v) is 13.3. The second-order valence-corrected chi connectivity index (χ2v) is 6.70. The summed E-state index contributed by atoms with van der Waals surface area (Å²) in [6.07, 6.45) is 0.930. The van der Waals surface area contributed by atoms with E-state index in [0.717, 1.165) is 6.42 Å². The highest BCUT2D eigenvalue weighted by Gasteiger charge is 2.32. The molecule has 0 aliphatic carbocycles. The standard InChI is InChI=1S/C14H16Cl2N2O3/c1-14(2)3-4-18(7-14)13(21)17-11-9(15)5-8(12(19)20)6-10(11)16/h5-6H,3-4,7H2,1-2H3,(H,17,21)(H,19,20). The highest BCUT2D eigenvalue weighted by Crippen LogP contribution is 2.33. The molecule has 0 atom stereocenters. The fourth-order valence-electron chi connectivity index (χ4n) is 2.29. The minimum absolute atomic E-state index is 0.0229. The third-order valence-corrected chi connectivity index (χ3v) is 4.08. The van der Waals surface area contributed by atoms with Gasteiger partial charge in [0.15, 0.2) is 0 Å². The van der Waals surface area contributed by atoms with Crippen LogP contribution in [0, 0.1) is 5.41 Å². The van der Waals surface area contributed by atoms with Gasteiger partial charge < -0.3 is 15.3 Å². The molecule has 0 saturated carbocycles. The van der Waals surface area contributed by atoms with Crippen molar-refractivity contribution in [1.29, 1.82) is 0 Å². The molecule has 0 bridgehead atoms. The summed E-state index contributed by atoms with van der Waals surface area (Å²) < 4.78 is 0. The first kappa shape index (κ1) is 15.9. The van der Waals surface area contributed by atoms with E-state index < -0.39 is 5.97 Å². The molecule has 0 spiro atoms. The number of halogens is 2. The Morgan fingerprint density at radius 3 is 2.29 bits per heavy atom. The molecule has 1 saturated heterocycles. The van der Waals surface area contributed by atoms with Gasteiger partial charge in [-0.1, -0.05) is 37.0 Å². The number of benzene rings is 1. The molecule has 2 amide bonds. The fourth-order valence-corrected chi connectivity index (χ4v) is 2.87. The SMILES string of the molecule is CC1(C)CCN(C(=O)Nc2c(Cl)cc(C(=O)O)cc2Cl)C1. The maximum Gasteiger partial charge on any atom is 0.335 e. The Hall–Kier alpha value is -1.46. The fraction of sp³-hybridized carbons (Fsp3) is 0.429. The third-order valence-electron chi connectivity index (χ3n) is 3.49. The Morgan fingerprint density at radius 2 is 1.86 bits per heavy atom. The molecule has 114 valence electrons. The van der Waals surface area contributed by atoms with Gasteiger partial charge in [-0.2, -0.15) is 0 Å². The van der Waals surface area contributed by atoms with Crippen LogP contribution < -0.4 is 5.32 Å². The van der Waals surface area contributed by atoms with Gasteiger partial charge in [-0.15, -0.1) is 0 Å². The van der Waals surface area contributed by atoms with E-state index in [9.17, 15) is 9.59 Å². The first-order chi connectivity index (χ1) is 9.69. The molecule has 1 aromatic rings. The largest absolute Gasteiger partial charge is 0.478 e. The number of carboxylic acids is 1. The molecule has 0 radical (unpaired) electrons. The summed E-state index contributed by atoms with van der Waals surface area (Å²) >= 11 is 12.0. The predicted octanol–water partition coefficient (Wildman–Crippen LogP) is 3.96. The van der Waals surface area contributed by atoms with Gasteiger partial charge in [-0.3, -0.25) is 0 Å². The van der Waals surface area contributed by atoms with Gasteiger partial charge in [0.25, 0.3) is 0 Å². The number of hydrogen-bond acceptors (Lipinski definition) is 2. The van der Waals surface area contributed by atoms with E-state index in [1.165, 1.54) is 12.1 Å². The van der Waals surface area contributed by atoms with Crippen molar-refractivity contribution >= 4 is 40.9 Å². The van der Waals surface area contributed by atoms with E-state index in [0.29, 0.717) is 13.1 Å². The molecule has 1 heterocycles. The number of urea groups is 1. The number of nitrogens with zero attached hydrogens (tertiary/aromatic N) is 1. The van der Waals surface area contributed by atoms with Crippen molar-refractivity contribution in [2.45, 2.75) is 20.3 Å². The summed E-state index contributed by atoms with van der Waals surface area (Å²) in [4.78, 5) is 24.8. The van der Waals surface area contributed by atoms with Crippen molar-refractivity contribution in [3.05, 3.63) is 27.7 Å². The molecule has 1 aromatic carbocycles. The second-order valence-electron chi connectivity index (χ2n) is 5.89. The highest BCUT2D eigenvalue weighted by molar-refractivity contribution is 6.40. The zero-order chi connectivity index (χ0) is 15.8. The van der Waals surface area contributed by atoms with Crippen LogP contribution in [-0.2, 0) is 0 Å². The van der Waals surface area contributed by atoms with Crippen LogP contribution in [0.1, 0.15) is 30.6 Å². The van der Waals surface area contributed by atoms with E-state index in [1.54, 1.807) is 4.90 Å². The third kappa shape index (κ3) is 3.60. The van der Waals surface area contributed by atoms with E-state index in [4.69, 9.17) is 28.3 Å². The average molecular weight is 331 g/mol. The van der Waals surface area contributed by atoms with Crippen LogP contribution in [-0.4, -0.2) is 35.1 Å². The van der Waals surface area contributed by atoms with Crippen LogP contribution in [0.3, 0.4) is 0 Å². The summed E-state index contributed by atoms with van der Waals surface area (Å²) in [5, 5.41) is 11.8. The van der Waals surface area contributed by atoms with Crippen LogP contribution in [0.5, 0.6) is 0 Å². The van der Waals surface area contributed by atoms with Crippen LogP contribution in [0.25, 0.3) is 0 Å². The van der Waals surface area contributed by atoms with Crippen molar-refractivity contribution in [2.75, 3.05) is 18.4 Å². The number of likely N-dealkylation sites (tertiary alicyclic amines) is 1. The summed E-state index contributed by atoms with van der Waals surface area (Å²) in [7, 11) is 0. The molecule has 2 rings (SSSR count). The molecule has 5 nitrogen and oxygen atoms in total.